The van der Waals surface area contributed by atoms with Crippen molar-refractivity contribution in [3.05, 3.63) is 35.6 Å². The van der Waals surface area contributed by atoms with E-state index in [0.29, 0.717) is 6.61 Å². The van der Waals surface area contributed by atoms with Gasteiger partial charge in [-0.15, -0.1) is 0 Å². The molecule has 0 fully saturated rings. The van der Waals surface area contributed by atoms with Gasteiger partial charge in [-0.25, -0.2) is 0 Å². The first-order chi connectivity index (χ1) is 10.2. The van der Waals surface area contributed by atoms with Gasteiger partial charge in [0.05, 0.1) is 7.11 Å². The summed E-state index contributed by atoms with van der Waals surface area (Å²) in [7, 11) is 5.38. The monoisotopic (exact) mass is 294 g/mol. The first-order valence-corrected chi connectivity index (χ1v) is 7.70. The number of allylic oxidation sites excluding steroid dienone is 1. The molecule has 0 aromatic carbocycles. The Balaban J connectivity index is 2.60. The molecular weight excluding hydrogens is 264 g/mol. The zero-order valence-electron chi connectivity index (χ0n) is 13.8. The van der Waals surface area contributed by atoms with Crippen LogP contribution in [0.5, 0.6) is 0 Å². The van der Waals surface area contributed by atoms with Gasteiger partial charge in [0.2, 0.25) is 0 Å². The lowest BCUT2D eigenvalue weighted by atomic mass is 9.99. The second-order valence-electron chi connectivity index (χ2n) is 5.34. The highest BCUT2D eigenvalue weighted by molar-refractivity contribution is 5.36. The van der Waals surface area contributed by atoms with Crippen LogP contribution in [0.2, 0.25) is 0 Å². The van der Waals surface area contributed by atoms with Crippen LogP contribution < -0.4 is 5.32 Å². The molecule has 0 bridgehead atoms. The predicted octanol–water partition coefficient (Wildman–Crippen LogP) is 2.35. The molecule has 21 heavy (non-hydrogen) atoms. The van der Waals surface area contributed by atoms with Crippen molar-refractivity contribution in [2.75, 3.05) is 54.1 Å². The number of ether oxygens (including phenoxy) is 2. The largest absolute Gasteiger partial charge is 0.499 e. The number of hydrogen-bond acceptors (Lipinski definition) is 4. The quantitative estimate of drug-likeness (QED) is 0.495. The first kappa shape index (κ1) is 18.0. The highest BCUT2D eigenvalue weighted by Crippen LogP contribution is 2.21. The van der Waals surface area contributed by atoms with Crippen molar-refractivity contribution in [3.63, 3.8) is 0 Å². The molecule has 0 spiro atoms. The zero-order valence-corrected chi connectivity index (χ0v) is 13.8. The summed E-state index contributed by atoms with van der Waals surface area (Å²) in [6, 6.07) is 0. The lowest BCUT2D eigenvalue weighted by Gasteiger charge is -2.29. The van der Waals surface area contributed by atoms with Gasteiger partial charge in [0.15, 0.2) is 0 Å². The second kappa shape index (κ2) is 10.6. The van der Waals surface area contributed by atoms with Crippen LogP contribution in [0.4, 0.5) is 0 Å². The Hall–Kier alpha value is -1.10. The van der Waals surface area contributed by atoms with Crippen molar-refractivity contribution >= 4 is 0 Å². The Morgan fingerprint density at radius 1 is 1.33 bits per heavy atom. The van der Waals surface area contributed by atoms with Gasteiger partial charge < -0.3 is 14.8 Å². The van der Waals surface area contributed by atoms with Crippen LogP contribution in [-0.2, 0) is 9.47 Å². The maximum absolute atomic E-state index is 5.35. The molecule has 1 heterocycles. The van der Waals surface area contributed by atoms with Gasteiger partial charge in [-0.1, -0.05) is 12.7 Å². The van der Waals surface area contributed by atoms with Gasteiger partial charge in [-0.3, -0.25) is 4.90 Å². The second-order valence-corrected chi connectivity index (χ2v) is 5.34. The third-order valence-electron chi connectivity index (χ3n) is 3.79. The number of methoxy groups -OCH3 is 2. The highest BCUT2D eigenvalue weighted by atomic mass is 16.5. The molecule has 0 radical (unpaired) electrons. The normalized spacial score (nSPS) is 17.2. The van der Waals surface area contributed by atoms with Crippen LogP contribution in [0.25, 0.3) is 0 Å². The number of rotatable bonds is 10. The molecule has 0 aliphatic carbocycles. The molecule has 120 valence electrons. The Morgan fingerprint density at radius 3 is 2.76 bits per heavy atom. The van der Waals surface area contributed by atoms with Crippen LogP contribution in [0, 0.1) is 0 Å². The van der Waals surface area contributed by atoms with Crippen molar-refractivity contribution in [3.8, 4) is 0 Å². The maximum atomic E-state index is 5.35. The smallest absolute Gasteiger partial charge is 0.121 e. The van der Waals surface area contributed by atoms with Crippen molar-refractivity contribution in [1.29, 1.82) is 0 Å². The summed E-state index contributed by atoms with van der Waals surface area (Å²) < 4.78 is 10.5. The lowest BCUT2D eigenvalue weighted by Crippen LogP contribution is -2.32. The van der Waals surface area contributed by atoms with Crippen molar-refractivity contribution in [1.82, 2.24) is 10.2 Å². The van der Waals surface area contributed by atoms with Crippen LogP contribution >= 0.6 is 0 Å². The SMILES string of the molecule is C=CC1=C(/C=C(\COC)OC)CCN(CCCCNC)C1. The fraction of sp³-hybridized carbons (Fsp3) is 0.647. The molecule has 0 aromatic rings. The molecule has 0 saturated carbocycles. The minimum atomic E-state index is 0.512. The van der Waals surface area contributed by atoms with E-state index in [1.807, 2.05) is 13.1 Å². The summed E-state index contributed by atoms with van der Waals surface area (Å²) in [6.07, 6.45) is 7.60. The third-order valence-corrected chi connectivity index (χ3v) is 3.79. The van der Waals surface area contributed by atoms with Gasteiger partial charge in [0, 0.05) is 20.2 Å². The summed E-state index contributed by atoms with van der Waals surface area (Å²) in [5, 5.41) is 3.19. The number of hydrogen-bond donors (Lipinski definition) is 1. The Labute approximate surface area is 129 Å². The molecule has 0 aromatic heterocycles. The minimum Gasteiger partial charge on any atom is -0.499 e. The standard InChI is InChI=1S/C17H30N2O2/c1-5-15-13-19(10-7-6-9-18-2)11-8-16(15)12-17(21-4)14-20-3/h5,12,18H,1,6-11,13-14H2,2-4H3/b17-12+. The molecule has 1 rings (SSSR count). The molecule has 0 amide bonds. The van der Waals surface area contributed by atoms with Gasteiger partial charge in [0.25, 0.3) is 0 Å². The van der Waals surface area contributed by atoms with Crippen molar-refractivity contribution < 1.29 is 9.47 Å². The zero-order chi connectivity index (χ0) is 15.5. The predicted molar refractivity (Wildman–Crippen MR) is 88.4 cm³/mol. The molecule has 0 saturated heterocycles. The van der Waals surface area contributed by atoms with E-state index in [1.165, 1.54) is 24.0 Å². The summed E-state index contributed by atoms with van der Waals surface area (Å²) >= 11 is 0. The minimum absolute atomic E-state index is 0.512. The summed E-state index contributed by atoms with van der Waals surface area (Å²) in [5.41, 5.74) is 2.63. The topological polar surface area (TPSA) is 33.7 Å². The molecule has 1 aliphatic heterocycles. The number of unbranched alkanes of at least 4 members (excludes halogenated alkanes) is 1. The molecule has 1 N–H and O–H groups in total. The molecule has 4 nitrogen and oxygen atoms in total. The maximum Gasteiger partial charge on any atom is 0.121 e. The highest BCUT2D eigenvalue weighted by Gasteiger charge is 2.16. The van der Waals surface area contributed by atoms with E-state index < -0.39 is 0 Å². The Bertz CT molecular complexity index is 375. The van der Waals surface area contributed by atoms with E-state index in [0.717, 1.165) is 38.4 Å². The van der Waals surface area contributed by atoms with Gasteiger partial charge in [-0.2, -0.15) is 0 Å². The lowest BCUT2D eigenvalue weighted by molar-refractivity contribution is 0.159. The molecule has 0 atom stereocenters. The van der Waals surface area contributed by atoms with Gasteiger partial charge >= 0.3 is 0 Å². The third kappa shape index (κ3) is 6.46. The van der Waals surface area contributed by atoms with E-state index in [2.05, 4.69) is 22.9 Å². The average Bonchev–Trinajstić information content (AvgIpc) is 2.52. The molecule has 4 heteroatoms. The van der Waals surface area contributed by atoms with E-state index in [4.69, 9.17) is 9.47 Å². The van der Waals surface area contributed by atoms with E-state index in [-0.39, 0.29) is 0 Å². The van der Waals surface area contributed by atoms with E-state index in [9.17, 15) is 0 Å². The van der Waals surface area contributed by atoms with Crippen molar-refractivity contribution in [2.45, 2.75) is 19.3 Å². The van der Waals surface area contributed by atoms with Gasteiger partial charge in [-0.05, 0) is 56.6 Å². The van der Waals surface area contributed by atoms with Gasteiger partial charge in [0.1, 0.15) is 12.4 Å². The fourth-order valence-corrected chi connectivity index (χ4v) is 2.55. The summed E-state index contributed by atoms with van der Waals surface area (Å²) in [4.78, 5) is 2.51. The average molecular weight is 294 g/mol. The molecular formula is C17H30N2O2. The molecule has 1 aliphatic rings. The van der Waals surface area contributed by atoms with E-state index >= 15 is 0 Å². The fourth-order valence-electron chi connectivity index (χ4n) is 2.55. The van der Waals surface area contributed by atoms with Crippen molar-refractivity contribution in [2.24, 2.45) is 0 Å². The number of nitrogens with one attached hydrogen (secondary N) is 1. The van der Waals surface area contributed by atoms with Crippen LogP contribution in [0.1, 0.15) is 19.3 Å². The Kier molecular flexibility index (Phi) is 9.06. The molecule has 0 unspecified atom stereocenters. The van der Waals surface area contributed by atoms with Crippen LogP contribution in [0.3, 0.4) is 0 Å². The summed E-state index contributed by atoms with van der Waals surface area (Å²) in [6.45, 7) is 8.82. The first-order valence-electron chi connectivity index (χ1n) is 7.70. The van der Waals surface area contributed by atoms with Crippen LogP contribution in [0.15, 0.2) is 35.6 Å². The Morgan fingerprint density at radius 2 is 2.14 bits per heavy atom. The number of nitrogens with zero attached hydrogens (tertiary/aromatic N) is 1. The van der Waals surface area contributed by atoms with E-state index in [1.54, 1.807) is 14.2 Å². The summed E-state index contributed by atoms with van der Waals surface area (Å²) in [5.74, 6) is 0.870. The van der Waals surface area contributed by atoms with Crippen LogP contribution in [-0.4, -0.2) is 59.0 Å².